The summed E-state index contributed by atoms with van der Waals surface area (Å²) in [5.41, 5.74) is 0. The Kier molecular flexibility index (Phi) is 4.31. The minimum atomic E-state index is 0.842. The first-order valence-corrected chi connectivity index (χ1v) is 6.68. The van der Waals surface area contributed by atoms with E-state index in [9.17, 15) is 0 Å². The van der Waals surface area contributed by atoms with Crippen LogP contribution in [0.2, 0.25) is 0 Å². The van der Waals surface area contributed by atoms with Crippen molar-refractivity contribution in [3.8, 4) is 0 Å². The van der Waals surface area contributed by atoms with Gasteiger partial charge in [-0.3, -0.25) is 9.80 Å². The third-order valence-electron chi connectivity index (χ3n) is 3.81. The van der Waals surface area contributed by atoms with E-state index < -0.39 is 0 Å². The van der Waals surface area contributed by atoms with E-state index >= 15 is 0 Å². The second kappa shape index (κ2) is 5.53. The van der Waals surface area contributed by atoms with E-state index in [1.165, 1.54) is 52.1 Å². The monoisotopic (exact) mass is 229 g/mol. The summed E-state index contributed by atoms with van der Waals surface area (Å²) in [6, 6.07) is 0.842. The number of piperazine rings is 1. The van der Waals surface area contributed by atoms with Crippen molar-refractivity contribution in [2.45, 2.75) is 18.9 Å². The van der Waals surface area contributed by atoms with Gasteiger partial charge in [0.2, 0.25) is 0 Å². The fourth-order valence-corrected chi connectivity index (χ4v) is 2.90. The Balaban J connectivity index is 1.75. The summed E-state index contributed by atoms with van der Waals surface area (Å²) in [6.07, 6.45) is 2.68. The second-order valence-corrected chi connectivity index (χ2v) is 5.11. The molecule has 2 saturated heterocycles. The van der Waals surface area contributed by atoms with Crippen molar-refractivity contribution in [2.75, 3.05) is 52.2 Å². The van der Waals surface area contributed by atoms with Crippen molar-refractivity contribution in [1.82, 2.24) is 14.7 Å². The number of likely N-dealkylation sites (N-methyl/N-ethyl adjacent to an activating group) is 1. The van der Waals surface area contributed by atoms with Gasteiger partial charge in [0.1, 0.15) is 0 Å². The molecule has 0 N–H and O–H groups in total. The smallest absolute Gasteiger partial charge is 0.0414 e. The molecule has 0 unspecified atom stereocenters. The lowest BCUT2D eigenvalue weighted by Gasteiger charge is -2.41. The third-order valence-corrected chi connectivity index (χ3v) is 4.21. The number of hydrogen-bond donors (Lipinski definition) is 1. The molecule has 2 heterocycles. The number of hydrogen-bond acceptors (Lipinski definition) is 4. The number of piperidine rings is 1. The molecule has 4 heteroatoms. The first-order valence-electron chi connectivity index (χ1n) is 6.05. The molecular weight excluding hydrogens is 206 g/mol. The fourth-order valence-electron chi connectivity index (χ4n) is 2.61. The van der Waals surface area contributed by atoms with Crippen LogP contribution >= 0.6 is 12.6 Å². The molecule has 0 aromatic carbocycles. The van der Waals surface area contributed by atoms with Gasteiger partial charge in [-0.25, -0.2) is 0 Å². The number of nitrogens with zero attached hydrogens (tertiary/aromatic N) is 3. The molecule has 2 aliphatic rings. The molecule has 15 heavy (non-hydrogen) atoms. The first kappa shape index (κ1) is 11.7. The highest BCUT2D eigenvalue weighted by Crippen LogP contribution is 2.17. The number of thiol groups is 1. The highest BCUT2D eigenvalue weighted by molar-refractivity contribution is 7.80. The highest BCUT2D eigenvalue weighted by atomic mass is 32.1. The maximum absolute atomic E-state index is 4.34. The van der Waals surface area contributed by atoms with Crippen molar-refractivity contribution in [1.29, 1.82) is 0 Å². The van der Waals surface area contributed by atoms with Gasteiger partial charge in [0.05, 0.1) is 0 Å². The normalized spacial score (nSPS) is 28.4. The Bertz CT molecular complexity index is 184. The van der Waals surface area contributed by atoms with Crippen LogP contribution in [0.3, 0.4) is 0 Å². The standard InChI is InChI=1S/C11H23N3S/c1-12-6-8-14(9-7-12)11-2-4-13(10-15)5-3-11/h11,15H,2-10H2,1H3. The predicted octanol–water partition coefficient (Wildman–Crippen LogP) is 0.586. The maximum Gasteiger partial charge on any atom is 0.0414 e. The fraction of sp³-hybridized carbons (Fsp3) is 1.00. The molecular formula is C11H23N3S. The van der Waals surface area contributed by atoms with Crippen LogP contribution in [0, 0.1) is 0 Å². The van der Waals surface area contributed by atoms with Crippen molar-refractivity contribution >= 4 is 12.6 Å². The largest absolute Gasteiger partial charge is 0.304 e. The minimum absolute atomic E-state index is 0.842. The molecule has 0 aromatic heterocycles. The van der Waals surface area contributed by atoms with E-state index in [-0.39, 0.29) is 0 Å². The van der Waals surface area contributed by atoms with Crippen LogP contribution < -0.4 is 0 Å². The summed E-state index contributed by atoms with van der Waals surface area (Å²) in [5.74, 6) is 0.926. The van der Waals surface area contributed by atoms with E-state index in [2.05, 4.69) is 34.4 Å². The van der Waals surface area contributed by atoms with Gasteiger partial charge in [-0.15, -0.1) is 0 Å². The Labute approximate surface area is 98.8 Å². The molecule has 0 aliphatic carbocycles. The van der Waals surface area contributed by atoms with Crippen molar-refractivity contribution in [3.05, 3.63) is 0 Å². The average molecular weight is 229 g/mol. The van der Waals surface area contributed by atoms with Gasteiger partial charge >= 0.3 is 0 Å². The summed E-state index contributed by atoms with van der Waals surface area (Å²) in [5, 5.41) is 0. The van der Waals surface area contributed by atoms with E-state index in [0.29, 0.717) is 0 Å². The van der Waals surface area contributed by atoms with E-state index in [1.807, 2.05) is 0 Å². The molecule has 2 aliphatic heterocycles. The van der Waals surface area contributed by atoms with Gasteiger partial charge in [0.15, 0.2) is 0 Å². The Morgan fingerprint density at radius 3 is 2.13 bits per heavy atom. The molecule has 0 spiro atoms. The van der Waals surface area contributed by atoms with Crippen LogP contribution in [0.25, 0.3) is 0 Å². The molecule has 0 atom stereocenters. The molecule has 0 radical (unpaired) electrons. The van der Waals surface area contributed by atoms with E-state index in [0.717, 1.165) is 11.9 Å². The Hall–Kier alpha value is 0.230. The predicted molar refractivity (Wildman–Crippen MR) is 67.5 cm³/mol. The topological polar surface area (TPSA) is 9.72 Å². The quantitative estimate of drug-likeness (QED) is 0.695. The maximum atomic E-state index is 4.34. The zero-order chi connectivity index (χ0) is 10.7. The molecule has 0 aromatic rings. The molecule has 0 amide bonds. The summed E-state index contributed by atoms with van der Waals surface area (Å²) in [4.78, 5) is 7.56. The zero-order valence-corrected chi connectivity index (χ0v) is 10.6. The first-order chi connectivity index (χ1) is 7.29. The summed E-state index contributed by atoms with van der Waals surface area (Å²) in [6.45, 7) is 7.49. The van der Waals surface area contributed by atoms with Gasteiger partial charge < -0.3 is 4.90 Å². The van der Waals surface area contributed by atoms with Crippen LogP contribution in [0.4, 0.5) is 0 Å². The van der Waals surface area contributed by atoms with Crippen molar-refractivity contribution in [3.63, 3.8) is 0 Å². The van der Waals surface area contributed by atoms with E-state index in [4.69, 9.17) is 0 Å². The lowest BCUT2D eigenvalue weighted by Crippen LogP contribution is -2.52. The van der Waals surface area contributed by atoms with Gasteiger partial charge in [-0.1, -0.05) is 0 Å². The zero-order valence-electron chi connectivity index (χ0n) is 9.73. The minimum Gasteiger partial charge on any atom is -0.304 e. The highest BCUT2D eigenvalue weighted by Gasteiger charge is 2.25. The van der Waals surface area contributed by atoms with Crippen LogP contribution in [0.15, 0.2) is 0 Å². The summed E-state index contributed by atoms with van der Waals surface area (Å²) >= 11 is 4.34. The molecule has 88 valence electrons. The SMILES string of the molecule is CN1CCN(C2CCN(CS)CC2)CC1. The second-order valence-electron chi connectivity index (χ2n) is 4.83. The van der Waals surface area contributed by atoms with Gasteiger partial charge in [-0.05, 0) is 19.9 Å². The van der Waals surface area contributed by atoms with Gasteiger partial charge in [-0.2, -0.15) is 12.6 Å². The van der Waals surface area contributed by atoms with Crippen LogP contribution in [-0.4, -0.2) is 72.9 Å². The Morgan fingerprint density at radius 1 is 1.00 bits per heavy atom. The Morgan fingerprint density at radius 2 is 1.60 bits per heavy atom. The van der Waals surface area contributed by atoms with Crippen LogP contribution in [0.1, 0.15) is 12.8 Å². The molecule has 2 fully saturated rings. The number of likely N-dealkylation sites (tertiary alicyclic amines) is 1. The number of rotatable bonds is 2. The molecule has 0 bridgehead atoms. The third kappa shape index (κ3) is 3.09. The van der Waals surface area contributed by atoms with Crippen LogP contribution in [-0.2, 0) is 0 Å². The summed E-state index contributed by atoms with van der Waals surface area (Å²) in [7, 11) is 2.22. The van der Waals surface area contributed by atoms with Crippen molar-refractivity contribution in [2.24, 2.45) is 0 Å². The van der Waals surface area contributed by atoms with Gasteiger partial charge in [0, 0.05) is 51.2 Å². The van der Waals surface area contributed by atoms with Crippen molar-refractivity contribution < 1.29 is 0 Å². The lowest BCUT2D eigenvalue weighted by atomic mass is 10.0. The van der Waals surface area contributed by atoms with Crippen LogP contribution in [0.5, 0.6) is 0 Å². The molecule has 3 nitrogen and oxygen atoms in total. The summed E-state index contributed by atoms with van der Waals surface area (Å²) < 4.78 is 0. The lowest BCUT2D eigenvalue weighted by molar-refractivity contribution is 0.0729. The molecule has 0 saturated carbocycles. The molecule has 2 rings (SSSR count). The van der Waals surface area contributed by atoms with Gasteiger partial charge in [0.25, 0.3) is 0 Å². The van der Waals surface area contributed by atoms with E-state index in [1.54, 1.807) is 0 Å². The average Bonchev–Trinajstić information content (AvgIpc) is 2.30.